The number of aliphatic hydroxyl groups is 1. The summed E-state index contributed by atoms with van der Waals surface area (Å²) in [5.74, 6) is 0.810. The van der Waals surface area contributed by atoms with Crippen LogP contribution in [0.25, 0.3) is 11.1 Å². The molecule has 0 aliphatic carbocycles. The molecule has 1 unspecified atom stereocenters. The van der Waals surface area contributed by atoms with Crippen LogP contribution in [0.5, 0.6) is 5.75 Å². The van der Waals surface area contributed by atoms with Gasteiger partial charge in [-0.2, -0.15) is 9.66 Å². The van der Waals surface area contributed by atoms with Gasteiger partial charge in [0.15, 0.2) is 11.4 Å². The second kappa shape index (κ2) is 7.88. The monoisotopic (exact) mass is 407 g/mol. The fraction of sp³-hybridized carbons (Fsp3) is 0.190. The number of nitrogens with zero attached hydrogens (tertiary/aromatic N) is 3. The van der Waals surface area contributed by atoms with E-state index < -0.39 is 11.9 Å². The predicted octanol–water partition coefficient (Wildman–Crippen LogP) is 3.37. The van der Waals surface area contributed by atoms with Crippen molar-refractivity contribution in [3.63, 3.8) is 0 Å². The van der Waals surface area contributed by atoms with E-state index in [2.05, 4.69) is 20.7 Å². The number of hydrogen-bond acceptors (Lipinski definition) is 8. The summed E-state index contributed by atoms with van der Waals surface area (Å²) < 4.78 is 11.8. The highest BCUT2D eigenvalue weighted by Gasteiger charge is 2.12. The molecular formula is C21H21N5O4. The molecule has 0 fully saturated rings. The molecule has 2 aromatic heterocycles. The van der Waals surface area contributed by atoms with E-state index in [4.69, 9.17) is 9.15 Å². The Morgan fingerprint density at radius 1 is 1.23 bits per heavy atom. The number of benzene rings is 2. The van der Waals surface area contributed by atoms with Gasteiger partial charge in [-0.15, -0.1) is 0 Å². The van der Waals surface area contributed by atoms with E-state index in [1.54, 1.807) is 56.6 Å². The van der Waals surface area contributed by atoms with E-state index in [0.717, 1.165) is 5.56 Å². The largest absolute Gasteiger partial charge is 0.497 e. The van der Waals surface area contributed by atoms with Gasteiger partial charge in [0, 0.05) is 23.5 Å². The van der Waals surface area contributed by atoms with Crippen molar-refractivity contribution in [3.8, 4) is 5.75 Å². The SMILES string of the molecule is COc1cc(Nc2ncc(C)c(Nn3c(=O)oc4ccccc43)n2)cc(C(C)O)c1. The molecule has 1 atom stereocenters. The molecule has 0 amide bonds. The Morgan fingerprint density at radius 3 is 2.80 bits per heavy atom. The van der Waals surface area contributed by atoms with Gasteiger partial charge in [-0.1, -0.05) is 12.1 Å². The van der Waals surface area contributed by atoms with Crippen LogP contribution in [0.3, 0.4) is 0 Å². The standard InChI is InChI=1S/C21H21N5O4/c1-12-11-22-20(23-15-8-14(13(2)27)9-16(10-15)29-3)24-19(12)25-26-17-6-4-5-7-18(17)30-21(26)28/h4-11,13,27H,1-3H3,(H2,22,23,24,25). The Bertz CT molecular complexity index is 1260. The lowest BCUT2D eigenvalue weighted by atomic mass is 10.1. The highest BCUT2D eigenvalue weighted by atomic mass is 16.5. The number of methoxy groups -OCH3 is 1. The van der Waals surface area contributed by atoms with Crippen LogP contribution in [0, 0.1) is 6.92 Å². The Hall–Kier alpha value is -3.85. The number of para-hydroxylation sites is 2. The van der Waals surface area contributed by atoms with Gasteiger partial charge in [0.05, 0.1) is 13.2 Å². The van der Waals surface area contributed by atoms with E-state index in [1.807, 2.05) is 13.0 Å². The minimum Gasteiger partial charge on any atom is -0.497 e. The third-order valence-electron chi connectivity index (χ3n) is 4.58. The van der Waals surface area contributed by atoms with Gasteiger partial charge in [-0.3, -0.25) is 5.43 Å². The third-order valence-corrected chi connectivity index (χ3v) is 4.58. The fourth-order valence-electron chi connectivity index (χ4n) is 2.98. The zero-order valence-electron chi connectivity index (χ0n) is 16.7. The van der Waals surface area contributed by atoms with Crippen LogP contribution >= 0.6 is 0 Å². The normalized spacial score (nSPS) is 12.0. The molecule has 4 aromatic rings. The Morgan fingerprint density at radius 2 is 2.03 bits per heavy atom. The Balaban J connectivity index is 1.66. The third kappa shape index (κ3) is 3.83. The quantitative estimate of drug-likeness (QED) is 0.446. The van der Waals surface area contributed by atoms with E-state index >= 15 is 0 Å². The second-order valence-corrected chi connectivity index (χ2v) is 6.80. The molecule has 4 rings (SSSR count). The van der Waals surface area contributed by atoms with Gasteiger partial charge in [0.2, 0.25) is 5.95 Å². The van der Waals surface area contributed by atoms with Crippen LogP contribution < -0.4 is 21.2 Å². The maximum atomic E-state index is 12.2. The average Bonchev–Trinajstić information content (AvgIpc) is 3.05. The summed E-state index contributed by atoms with van der Waals surface area (Å²) in [6.45, 7) is 3.51. The Labute approximate surface area is 171 Å². The highest BCUT2D eigenvalue weighted by Crippen LogP contribution is 2.27. The van der Waals surface area contributed by atoms with Crippen LogP contribution in [0.15, 0.2) is 57.9 Å². The molecule has 30 heavy (non-hydrogen) atoms. The molecule has 9 heteroatoms. The van der Waals surface area contributed by atoms with Crippen molar-refractivity contribution in [1.82, 2.24) is 14.6 Å². The first-order valence-corrected chi connectivity index (χ1v) is 9.30. The van der Waals surface area contributed by atoms with Gasteiger partial charge in [0.25, 0.3) is 0 Å². The number of fused-ring (bicyclic) bond motifs is 1. The van der Waals surface area contributed by atoms with Crippen molar-refractivity contribution in [3.05, 3.63) is 70.3 Å². The first-order valence-electron chi connectivity index (χ1n) is 9.30. The second-order valence-electron chi connectivity index (χ2n) is 6.80. The molecule has 0 saturated heterocycles. The number of oxazole rings is 1. The van der Waals surface area contributed by atoms with Gasteiger partial charge >= 0.3 is 5.76 Å². The molecule has 0 aliphatic heterocycles. The van der Waals surface area contributed by atoms with Crippen molar-refractivity contribution in [2.75, 3.05) is 17.9 Å². The number of aromatic nitrogens is 3. The zero-order chi connectivity index (χ0) is 21.3. The van der Waals surface area contributed by atoms with Crippen LogP contribution in [-0.4, -0.2) is 26.9 Å². The van der Waals surface area contributed by atoms with Gasteiger partial charge < -0.3 is 19.6 Å². The molecule has 0 bridgehead atoms. The van der Waals surface area contributed by atoms with Crippen molar-refractivity contribution in [1.29, 1.82) is 0 Å². The van der Waals surface area contributed by atoms with Crippen molar-refractivity contribution < 1.29 is 14.3 Å². The Kier molecular flexibility index (Phi) is 5.11. The lowest BCUT2D eigenvalue weighted by molar-refractivity contribution is 0.199. The molecule has 0 saturated carbocycles. The fourth-order valence-corrected chi connectivity index (χ4v) is 2.98. The van der Waals surface area contributed by atoms with E-state index in [9.17, 15) is 9.90 Å². The first-order chi connectivity index (χ1) is 14.4. The summed E-state index contributed by atoms with van der Waals surface area (Å²) in [7, 11) is 1.56. The van der Waals surface area contributed by atoms with Gasteiger partial charge in [-0.05, 0) is 43.7 Å². The maximum Gasteiger partial charge on any atom is 0.439 e. The smallest absolute Gasteiger partial charge is 0.439 e. The van der Waals surface area contributed by atoms with Crippen LogP contribution in [0.2, 0.25) is 0 Å². The van der Waals surface area contributed by atoms with Crippen LogP contribution in [-0.2, 0) is 0 Å². The minimum atomic E-state index is -0.655. The molecule has 154 valence electrons. The molecule has 0 radical (unpaired) electrons. The average molecular weight is 407 g/mol. The lowest BCUT2D eigenvalue weighted by Crippen LogP contribution is -2.23. The molecule has 2 heterocycles. The number of anilines is 3. The van der Waals surface area contributed by atoms with Crippen LogP contribution in [0.4, 0.5) is 17.5 Å². The highest BCUT2D eigenvalue weighted by molar-refractivity contribution is 5.73. The van der Waals surface area contributed by atoms with Crippen molar-refractivity contribution in [2.24, 2.45) is 0 Å². The van der Waals surface area contributed by atoms with Gasteiger partial charge in [0.1, 0.15) is 11.3 Å². The van der Waals surface area contributed by atoms with Gasteiger partial charge in [-0.25, -0.2) is 9.78 Å². The summed E-state index contributed by atoms with van der Waals surface area (Å²) in [6, 6.07) is 12.4. The van der Waals surface area contributed by atoms with Crippen LogP contribution in [0.1, 0.15) is 24.2 Å². The molecule has 0 aliphatic rings. The predicted molar refractivity (Wildman–Crippen MR) is 113 cm³/mol. The molecule has 2 aromatic carbocycles. The maximum absolute atomic E-state index is 12.2. The molecule has 9 nitrogen and oxygen atoms in total. The summed E-state index contributed by atoms with van der Waals surface area (Å²) in [4.78, 5) is 21.0. The molecular weight excluding hydrogens is 386 g/mol. The summed E-state index contributed by atoms with van der Waals surface area (Å²) in [5, 5.41) is 13.0. The van der Waals surface area contributed by atoms with Crippen molar-refractivity contribution in [2.45, 2.75) is 20.0 Å². The summed E-state index contributed by atoms with van der Waals surface area (Å²) >= 11 is 0. The minimum absolute atomic E-state index is 0.314. The molecule has 3 N–H and O–H groups in total. The zero-order valence-corrected chi connectivity index (χ0v) is 16.7. The van der Waals surface area contributed by atoms with E-state index in [0.29, 0.717) is 39.9 Å². The number of rotatable bonds is 6. The van der Waals surface area contributed by atoms with E-state index in [1.165, 1.54) is 4.68 Å². The summed E-state index contributed by atoms with van der Waals surface area (Å²) in [5.41, 5.74) is 6.17. The van der Waals surface area contributed by atoms with Crippen molar-refractivity contribution >= 4 is 28.6 Å². The first kappa shape index (κ1) is 19.5. The van der Waals surface area contributed by atoms with E-state index in [-0.39, 0.29) is 0 Å². The lowest BCUT2D eigenvalue weighted by Gasteiger charge is -2.13. The topological polar surface area (TPSA) is 114 Å². The molecule has 0 spiro atoms. The number of hydrogen-bond donors (Lipinski definition) is 3. The summed E-state index contributed by atoms with van der Waals surface area (Å²) in [6.07, 6.45) is 0.985. The number of ether oxygens (including phenoxy) is 1. The number of nitrogens with one attached hydrogen (secondary N) is 2. The number of aryl methyl sites for hydroxylation is 1. The number of aliphatic hydroxyl groups excluding tert-OH is 1.